The average Bonchev–Trinajstić information content (AvgIpc) is 3.15. The molecule has 0 aliphatic carbocycles. The number of nitrogens with one attached hydrogen (secondary N) is 1. The Morgan fingerprint density at radius 1 is 1.06 bits per heavy atom. The zero-order valence-corrected chi connectivity index (χ0v) is 19.6. The number of esters is 1. The molecule has 0 spiro atoms. The summed E-state index contributed by atoms with van der Waals surface area (Å²) in [5.74, 6) is -1.42. The third-order valence-electron chi connectivity index (χ3n) is 5.51. The van der Waals surface area contributed by atoms with Gasteiger partial charge in [-0.1, -0.05) is 0 Å². The molecule has 3 rings (SSSR count). The number of rotatable bonds is 7. The number of carbonyl (C=O) groups excluding carboxylic acids is 3. The molecule has 0 unspecified atom stereocenters. The summed E-state index contributed by atoms with van der Waals surface area (Å²) in [4.78, 5) is 40.4. The van der Waals surface area contributed by atoms with E-state index in [4.69, 9.17) is 4.74 Å². The van der Waals surface area contributed by atoms with Gasteiger partial charge >= 0.3 is 12.1 Å². The monoisotopic (exact) mass is 495 g/mol. The number of hydrogen-bond acceptors (Lipinski definition) is 6. The Bertz CT molecular complexity index is 1050. The first-order valence-electron chi connectivity index (χ1n) is 11.4. The Morgan fingerprint density at radius 2 is 1.77 bits per heavy atom. The van der Waals surface area contributed by atoms with Crippen molar-refractivity contribution in [3.63, 3.8) is 0 Å². The third-order valence-corrected chi connectivity index (χ3v) is 5.51. The number of alkyl halides is 3. The zero-order chi connectivity index (χ0) is 25.6. The van der Waals surface area contributed by atoms with Crippen molar-refractivity contribution in [2.75, 3.05) is 45.9 Å². The first-order valence-corrected chi connectivity index (χ1v) is 11.4. The molecule has 1 aromatic carbocycles. The van der Waals surface area contributed by atoms with E-state index in [0.29, 0.717) is 49.4 Å². The molecule has 35 heavy (non-hydrogen) atoms. The van der Waals surface area contributed by atoms with E-state index in [2.05, 4.69) is 10.4 Å². The van der Waals surface area contributed by atoms with Gasteiger partial charge in [-0.05, 0) is 44.5 Å². The van der Waals surface area contributed by atoms with E-state index < -0.39 is 23.4 Å². The number of halogens is 3. The van der Waals surface area contributed by atoms with Crippen LogP contribution >= 0.6 is 0 Å². The first kappa shape index (κ1) is 26.2. The molecule has 12 heteroatoms. The van der Waals surface area contributed by atoms with Gasteiger partial charge in [0.15, 0.2) is 5.69 Å². The highest BCUT2D eigenvalue weighted by Gasteiger charge is 2.41. The molecule has 0 atom stereocenters. The normalized spacial score (nSPS) is 14.9. The molecule has 2 amide bonds. The predicted octanol–water partition coefficient (Wildman–Crippen LogP) is 2.35. The summed E-state index contributed by atoms with van der Waals surface area (Å²) in [6.45, 7) is 6.26. The highest BCUT2D eigenvalue weighted by molar-refractivity contribution is 5.94. The van der Waals surface area contributed by atoms with Crippen molar-refractivity contribution in [2.45, 2.75) is 26.4 Å². The van der Waals surface area contributed by atoms with Crippen LogP contribution in [0.3, 0.4) is 0 Å². The van der Waals surface area contributed by atoms with E-state index in [9.17, 15) is 27.6 Å². The van der Waals surface area contributed by atoms with Gasteiger partial charge in [-0.2, -0.15) is 18.3 Å². The second-order valence-corrected chi connectivity index (χ2v) is 7.96. The third kappa shape index (κ3) is 6.38. The SMILES string of the molecule is CCNC(=O)CN1CCCN(C(=O)c2ccc(-n3ncc(C(=O)OCC)c3C(F)(F)F)cc2)CC1. The molecule has 2 heterocycles. The molecule has 1 fully saturated rings. The summed E-state index contributed by atoms with van der Waals surface area (Å²) in [6, 6.07) is 5.56. The molecule has 1 aromatic heterocycles. The van der Waals surface area contributed by atoms with Crippen LogP contribution in [0.4, 0.5) is 13.2 Å². The Balaban J connectivity index is 1.74. The van der Waals surface area contributed by atoms with Crippen LogP contribution in [0.5, 0.6) is 0 Å². The number of carbonyl (C=O) groups is 3. The van der Waals surface area contributed by atoms with Crippen molar-refractivity contribution in [2.24, 2.45) is 0 Å². The summed E-state index contributed by atoms with van der Waals surface area (Å²) in [6.07, 6.45) is -3.33. The van der Waals surface area contributed by atoms with Gasteiger partial charge < -0.3 is 15.0 Å². The van der Waals surface area contributed by atoms with Gasteiger partial charge in [-0.25, -0.2) is 9.48 Å². The van der Waals surface area contributed by atoms with Gasteiger partial charge in [-0.3, -0.25) is 14.5 Å². The molecule has 0 bridgehead atoms. The zero-order valence-electron chi connectivity index (χ0n) is 19.6. The second kappa shape index (κ2) is 11.3. The molecular weight excluding hydrogens is 467 g/mol. The van der Waals surface area contributed by atoms with E-state index in [0.717, 1.165) is 6.20 Å². The maximum atomic E-state index is 13.7. The second-order valence-electron chi connectivity index (χ2n) is 7.96. The molecule has 1 N–H and O–H groups in total. The number of likely N-dealkylation sites (N-methyl/N-ethyl adjacent to an activating group) is 1. The van der Waals surface area contributed by atoms with Crippen molar-refractivity contribution >= 4 is 17.8 Å². The minimum atomic E-state index is -4.85. The predicted molar refractivity (Wildman–Crippen MR) is 120 cm³/mol. The van der Waals surface area contributed by atoms with Gasteiger partial charge in [0.05, 0.1) is 25.0 Å². The highest BCUT2D eigenvalue weighted by Crippen LogP contribution is 2.34. The molecular formula is C23H28F3N5O4. The van der Waals surface area contributed by atoms with Crippen LogP contribution in [0.1, 0.15) is 46.7 Å². The van der Waals surface area contributed by atoms with Crippen LogP contribution < -0.4 is 5.32 Å². The van der Waals surface area contributed by atoms with Crippen LogP contribution in [0.2, 0.25) is 0 Å². The van der Waals surface area contributed by atoms with Crippen LogP contribution in [0, 0.1) is 0 Å². The van der Waals surface area contributed by atoms with Gasteiger partial charge in [0.1, 0.15) is 5.56 Å². The minimum Gasteiger partial charge on any atom is -0.462 e. The van der Waals surface area contributed by atoms with Crippen molar-refractivity contribution < 1.29 is 32.3 Å². The van der Waals surface area contributed by atoms with Crippen LogP contribution in [-0.2, 0) is 15.7 Å². The van der Waals surface area contributed by atoms with Gasteiger partial charge in [0.2, 0.25) is 5.91 Å². The molecule has 0 saturated carbocycles. The lowest BCUT2D eigenvalue weighted by Crippen LogP contribution is -2.40. The van der Waals surface area contributed by atoms with Crippen molar-refractivity contribution in [1.29, 1.82) is 0 Å². The summed E-state index contributed by atoms with van der Waals surface area (Å²) < 4.78 is 46.5. The fraction of sp³-hybridized carbons (Fsp3) is 0.478. The quantitative estimate of drug-likeness (QED) is 0.593. The number of ether oxygens (including phenoxy) is 1. The maximum Gasteiger partial charge on any atom is 0.434 e. The van der Waals surface area contributed by atoms with E-state index in [1.54, 1.807) is 4.90 Å². The Kier molecular flexibility index (Phi) is 8.49. The summed E-state index contributed by atoms with van der Waals surface area (Å²) >= 11 is 0. The van der Waals surface area contributed by atoms with E-state index in [1.807, 2.05) is 11.8 Å². The average molecular weight is 496 g/mol. The van der Waals surface area contributed by atoms with E-state index in [-0.39, 0.29) is 30.7 Å². The van der Waals surface area contributed by atoms with Crippen LogP contribution in [0.15, 0.2) is 30.5 Å². The Morgan fingerprint density at radius 3 is 2.40 bits per heavy atom. The van der Waals surface area contributed by atoms with E-state index in [1.165, 1.54) is 31.2 Å². The summed E-state index contributed by atoms with van der Waals surface area (Å²) in [5, 5.41) is 6.49. The number of benzene rings is 1. The number of amides is 2. The lowest BCUT2D eigenvalue weighted by atomic mass is 10.1. The Hall–Kier alpha value is -3.41. The number of aromatic nitrogens is 2. The van der Waals surface area contributed by atoms with Crippen molar-refractivity contribution in [3.05, 3.63) is 47.3 Å². The lowest BCUT2D eigenvalue weighted by molar-refractivity contribution is -0.143. The van der Waals surface area contributed by atoms with Crippen LogP contribution in [0.25, 0.3) is 5.69 Å². The molecule has 1 saturated heterocycles. The lowest BCUT2D eigenvalue weighted by Gasteiger charge is -2.22. The number of nitrogens with zero attached hydrogens (tertiary/aromatic N) is 4. The van der Waals surface area contributed by atoms with Crippen LogP contribution in [-0.4, -0.2) is 83.2 Å². The van der Waals surface area contributed by atoms with Crippen molar-refractivity contribution in [1.82, 2.24) is 24.9 Å². The van der Waals surface area contributed by atoms with Gasteiger partial charge in [-0.15, -0.1) is 0 Å². The summed E-state index contributed by atoms with van der Waals surface area (Å²) in [7, 11) is 0. The molecule has 1 aliphatic rings. The summed E-state index contributed by atoms with van der Waals surface area (Å²) in [5.41, 5.74) is -1.55. The topological polar surface area (TPSA) is 96.8 Å². The first-order chi connectivity index (χ1) is 16.7. The molecule has 9 nitrogen and oxygen atoms in total. The fourth-order valence-corrected chi connectivity index (χ4v) is 3.89. The van der Waals surface area contributed by atoms with Gasteiger partial charge in [0.25, 0.3) is 5.91 Å². The van der Waals surface area contributed by atoms with Gasteiger partial charge in [0, 0.05) is 38.3 Å². The standard InChI is InChI=1S/C23H28F3N5O4/c1-3-27-19(32)15-29-10-5-11-30(13-12-29)21(33)16-6-8-17(9-7-16)31-20(23(24,25)26)18(14-28-31)22(34)35-4-2/h6-9,14H,3-5,10-13,15H2,1-2H3,(H,27,32). The highest BCUT2D eigenvalue weighted by atomic mass is 19.4. The fourth-order valence-electron chi connectivity index (χ4n) is 3.89. The molecule has 0 radical (unpaired) electrons. The molecule has 1 aliphatic heterocycles. The molecule has 2 aromatic rings. The maximum absolute atomic E-state index is 13.7. The minimum absolute atomic E-state index is 0.0494. The molecule has 190 valence electrons. The smallest absolute Gasteiger partial charge is 0.434 e. The Labute approximate surface area is 200 Å². The largest absolute Gasteiger partial charge is 0.462 e. The number of hydrogen-bond donors (Lipinski definition) is 1. The van der Waals surface area contributed by atoms with E-state index >= 15 is 0 Å². The van der Waals surface area contributed by atoms with Crippen molar-refractivity contribution in [3.8, 4) is 5.69 Å².